The van der Waals surface area contributed by atoms with Gasteiger partial charge in [-0.15, -0.1) is 0 Å². The van der Waals surface area contributed by atoms with Crippen molar-refractivity contribution in [2.75, 3.05) is 0 Å². The normalized spacial score (nSPS) is 15.2. The number of hydrogen-bond donors (Lipinski definition) is 0. The van der Waals surface area contributed by atoms with Crippen molar-refractivity contribution in [2.24, 2.45) is 0 Å². The smallest absolute Gasteiger partial charge is 0.143 e. The third-order valence-corrected chi connectivity index (χ3v) is 2.50. The average molecular weight is 175 g/mol. The molecule has 1 aromatic heterocycles. The largest absolute Gasteiger partial charge is 0.299 e. The van der Waals surface area contributed by atoms with Crippen LogP contribution in [0.3, 0.4) is 0 Å². The summed E-state index contributed by atoms with van der Waals surface area (Å²) in [6, 6.07) is 2.12. The highest BCUT2D eigenvalue weighted by atomic mass is 16.1. The molecule has 0 aromatic carbocycles. The molecule has 0 atom stereocenters. The topological polar surface area (TPSA) is 30.0 Å². The Hall–Kier alpha value is -1.18. The van der Waals surface area contributed by atoms with Crippen LogP contribution in [0.1, 0.15) is 36.6 Å². The fraction of sp³-hybridized carbons (Fsp3) is 0.455. The maximum atomic E-state index is 11.1. The molecule has 0 fully saturated rings. The van der Waals surface area contributed by atoms with E-state index in [1.807, 2.05) is 6.20 Å². The first-order chi connectivity index (χ1) is 6.16. The number of aromatic nitrogens is 1. The first-order valence-corrected chi connectivity index (χ1v) is 4.66. The summed E-state index contributed by atoms with van der Waals surface area (Å²) in [4.78, 5) is 15.5. The molecule has 0 spiro atoms. The lowest BCUT2D eigenvalue weighted by Gasteiger charge is -2.05. The number of carbonyl (C=O) groups is 1. The molecular formula is C11H13NO. The fourth-order valence-electron chi connectivity index (χ4n) is 1.65. The van der Waals surface area contributed by atoms with Crippen molar-refractivity contribution in [3.63, 3.8) is 0 Å². The number of hydrogen-bond acceptors (Lipinski definition) is 2. The van der Waals surface area contributed by atoms with Crippen molar-refractivity contribution in [3.05, 3.63) is 29.1 Å². The first kappa shape index (κ1) is 8.42. The van der Waals surface area contributed by atoms with Gasteiger partial charge in [-0.2, -0.15) is 0 Å². The van der Waals surface area contributed by atoms with Gasteiger partial charge in [-0.3, -0.25) is 9.78 Å². The zero-order chi connectivity index (χ0) is 9.42. The van der Waals surface area contributed by atoms with Crippen LogP contribution in [0.4, 0.5) is 0 Å². The predicted octanol–water partition coefficient (Wildman–Crippen LogP) is 1.87. The molecule has 0 saturated carbocycles. The Kier molecular flexibility index (Phi) is 1.91. The van der Waals surface area contributed by atoms with Crippen molar-refractivity contribution >= 4 is 5.78 Å². The summed E-state index contributed by atoms with van der Waals surface area (Å²) in [5.74, 6) is 0.789. The number of Topliss-reactive ketones (excluding diaryl/α,β-unsaturated/α-hetero) is 1. The van der Waals surface area contributed by atoms with E-state index in [1.165, 1.54) is 5.56 Å². The van der Waals surface area contributed by atoms with Gasteiger partial charge in [0.1, 0.15) is 5.78 Å². The molecule has 0 bridgehead atoms. The van der Waals surface area contributed by atoms with Crippen molar-refractivity contribution in [1.29, 1.82) is 0 Å². The van der Waals surface area contributed by atoms with Crippen LogP contribution in [0.25, 0.3) is 0 Å². The predicted molar refractivity (Wildman–Crippen MR) is 50.7 cm³/mol. The summed E-state index contributed by atoms with van der Waals surface area (Å²) in [5, 5.41) is 0. The van der Waals surface area contributed by atoms with Crippen LogP contribution < -0.4 is 0 Å². The lowest BCUT2D eigenvalue weighted by Crippen LogP contribution is -1.94. The van der Waals surface area contributed by atoms with E-state index in [0.717, 1.165) is 11.3 Å². The maximum Gasteiger partial charge on any atom is 0.143 e. The van der Waals surface area contributed by atoms with E-state index in [0.29, 0.717) is 24.5 Å². The molecule has 0 radical (unpaired) electrons. The molecule has 0 N–H and O–H groups in total. The fourth-order valence-corrected chi connectivity index (χ4v) is 1.65. The van der Waals surface area contributed by atoms with Crippen LogP contribution in [0, 0.1) is 0 Å². The molecule has 1 aliphatic rings. The minimum absolute atomic E-state index is 0.295. The third-order valence-electron chi connectivity index (χ3n) is 2.50. The Bertz CT molecular complexity index is 355. The zero-order valence-corrected chi connectivity index (χ0v) is 8.00. The Labute approximate surface area is 78.0 Å². The Morgan fingerprint density at radius 2 is 2.15 bits per heavy atom. The minimum atomic E-state index is 0.295. The van der Waals surface area contributed by atoms with Gasteiger partial charge in [0.15, 0.2) is 0 Å². The number of carbonyl (C=O) groups excluding carboxylic acids is 1. The lowest BCUT2D eigenvalue weighted by atomic mass is 10.0. The number of pyridine rings is 1. The molecular weight excluding hydrogens is 162 g/mol. The van der Waals surface area contributed by atoms with Crippen molar-refractivity contribution in [3.8, 4) is 0 Å². The van der Waals surface area contributed by atoms with E-state index < -0.39 is 0 Å². The SMILES string of the molecule is CC(C)c1cnc2c(c1)CC(=O)C2. The molecule has 2 heteroatoms. The van der Waals surface area contributed by atoms with Crippen LogP contribution in [0.15, 0.2) is 12.3 Å². The van der Waals surface area contributed by atoms with Crippen LogP contribution in [0.2, 0.25) is 0 Å². The summed E-state index contributed by atoms with van der Waals surface area (Å²) in [7, 11) is 0. The van der Waals surface area contributed by atoms with Crippen molar-refractivity contribution in [1.82, 2.24) is 4.98 Å². The van der Waals surface area contributed by atoms with Crippen LogP contribution in [-0.2, 0) is 17.6 Å². The molecule has 0 unspecified atom stereocenters. The number of fused-ring (bicyclic) bond motifs is 1. The van der Waals surface area contributed by atoms with Gasteiger partial charge < -0.3 is 0 Å². The summed E-state index contributed by atoms with van der Waals surface area (Å²) >= 11 is 0. The Morgan fingerprint density at radius 3 is 2.85 bits per heavy atom. The highest BCUT2D eigenvalue weighted by Crippen LogP contribution is 2.21. The maximum absolute atomic E-state index is 11.1. The lowest BCUT2D eigenvalue weighted by molar-refractivity contribution is -0.117. The standard InChI is InChI=1S/C11H13NO/c1-7(2)9-3-8-4-10(13)5-11(8)12-6-9/h3,6-7H,4-5H2,1-2H3. The molecule has 0 amide bonds. The minimum Gasteiger partial charge on any atom is -0.299 e. The molecule has 2 nitrogen and oxygen atoms in total. The Morgan fingerprint density at radius 1 is 1.38 bits per heavy atom. The van der Waals surface area contributed by atoms with Gasteiger partial charge in [-0.05, 0) is 17.0 Å². The molecule has 0 saturated heterocycles. The first-order valence-electron chi connectivity index (χ1n) is 4.66. The number of rotatable bonds is 1. The van der Waals surface area contributed by atoms with Gasteiger partial charge in [0.05, 0.1) is 5.69 Å². The molecule has 1 aliphatic carbocycles. The molecule has 13 heavy (non-hydrogen) atoms. The van der Waals surface area contributed by atoms with E-state index in [1.54, 1.807) is 0 Å². The van der Waals surface area contributed by atoms with Gasteiger partial charge in [0.25, 0.3) is 0 Å². The summed E-state index contributed by atoms with van der Waals surface area (Å²) < 4.78 is 0. The molecule has 68 valence electrons. The van der Waals surface area contributed by atoms with Gasteiger partial charge >= 0.3 is 0 Å². The van der Waals surface area contributed by atoms with Crippen LogP contribution >= 0.6 is 0 Å². The second-order valence-corrected chi connectivity index (χ2v) is 3.92. The van der Waals surface area contributed by atoms with Gasteiger partial charge in [0, 0.05) is 19.0 Å². The van der Waals surface area contributed by atoms with Crippen molar-refractivity contribution in [2.45, 2.75) is 32.6 Å². The molecule has 1 heterocycles. The quantitative estimate of drug-likeness (QED) is 0.652. The molecule has 1 aromatic rings. The summed E-state index contributed by atoms with van der Waals surface area (Å²) in [6.07, 6.45) is 3.01. The van der Waals surface area contributed by atoms with E-state index in [-0.39, 0.29) is 0 Å². The highest BCUT2D eigenvalue weighted by molar-refractivity contribution is 5.87. The van der Waals surface area contributed by atoms with Gasteiger partial charge in [-0.25, -0.2) is 0 Å². The zero-order valence-electron chi connectivity index (χ0n) is 8.00. The Balaban J connectivity index is 2.40. The second-order valence-electron chi connectivity index (χ2n) is 3.92. The van der Waals surface area contributed by atoms with E-state index in [2.05, 4.69) is 24.9 Å². The van der Waals surface area contributed by atoms with Crippen LogP contribution in [0.5, 0.6) is 0 Å². The van der Waals surface area contributed by atoms with Crippen molar-refractivity contribution < 1.29 is 4.79 Å². The monoisotopic (exact) mass is 175 g/mol. The molecule has 2 rings (SSSR count). The third kappa shape index (κ3) is 1.48. The molecule has 0 aliphatic heterocycles. The van der Waals surface area contributed by atoms with Crippen LogP contribution in [-0.4, -0.2) is 10.8 Å². The van der Waals surface area contributed by atoms with E-state index in [9.17, 15) is 4.79 Å². The van der Waals surface area contributed by atoms with Gasteiger partial charge in [-0.1, -0.05) is 19.9 Å². The summed E-state index contributed by atoms with van der Waals surface area (Å²) in [6.45, 7) is 4.28. The van der Waals surface area contributed by atoms with E-state index in [4.69, 9.17) is 0 Å². The highest BCUT2D eigenvalue weighted by Gasteiger charge is 2.19. The number of ketones is 1. The second kappa shape index (κ2) is 2.95. The van der Waals surface area contributed by atoms with Gasteiger partial charge in [0.2, 0.25) is 0 Å². The number of nitrogens with zero attached hydrogens (tertiary/aromatic N) is 1. The summed E-state index contributed by atoms with van der Waals surface area (Å²) in [5.41, 5.74) is 3.35. The van der Waals surface area contributed by atoms with E-state index >= 15 is 0 Å². The average Bonchev–Trinajstić information content (AvgIpc) is 2.42.